The third-order valence-electron chi connectivity index (χ3n) is 5.50. The highest BCUT2D eigenvalue weighted by molar-refractivity contribution is 6.34. The molecule has 1 amide bonds. The molecule has 1 atom stereocenters. The maximum absolute atomic E-state index is 13.7. The lowest BCUT2D eigenvalue weighted by molar-refractivity contribution is -0.138. The van der Waals surface area contributed by atoms with E-state index in [2.05, 4.69) is 0 Å². The average molecular weight is 494 g/mol. The Labute approximate surface area is 207 Å². The van der Waals surface area contributed by atoms with E-state index >= 15 is 0 Å². The first-order chi connectivity index (χ1) is 16.3. The van der Waals surface area contributed by atoms with Gasteiger partial charge in [-0.15, -0.1) is 0 Å². The minimum Gasteiger partial charge on any atom is -0.481 e. The van der Waals surface area contributed by atoms with E-state index in [-0.39, 0.29) is 12.5 Å². The summed E-state index contributed by atoms with van der Waals surface area (Å²) >= 11 is 12.4. The van der Waals surface area contributed by atoms with Gasteiger partial charge >= 0.3 is 5.97 Å². The summed E-state index contributed by atoms with van der Waals surface area (Å²) in [6.45, 7) is 1.66. The van der Waals surface area contributed by atoms with Gasteiger partial charge in [-0.2, -0.15) is 0 Å². The molecule has 1 heterocycles. The number of halogens is 2. The summed E-state index contributed by atoms with van der Waals surface area (Å²) in [5.41, 5.74) is 2.10. The van der Waals surface area contributed by atoms with Crippen LogP contribution in [0.4, 0.5) is 5.69 Å². The number of anilines is 1. The number of nitrogens with zero attached hydrogens (tertiary/aromatic N) is 1. The molecule has 1 aromatic heterocycles. The van der Waals surface area contributed by atoms with Crippen LogP contribution in [0.2, 0.25) is 10.0 Å². The molecule has 3 aromatic carbocycles. The van der Waals surface area contributed by atoms with Crippen LogP contribution in [0.3, 0.4) is 0 Å². The van der Waals surface area contributed by atoms with Gasteiger partial charge in [-0.3, -0.25) is 9.59 Å². The molecule has 5 nitrogen and oxygen atoms in total. The number of carbonyl (C=O) groups is 2. The van der Waals surface area contributed by atoms with Crippen LogP contribution in [-0.4, -0.2) is 17.0 Å². The fourth-order valence-electron chi connectivity index (χ4n) is 3.69. The van der Waals surface area contributed by atoms with Gasteiger partial charge in [0.25, 0.3) is 5.91 Å². The molecule has 34 heavy (non-hydrogen) atoms. The highest BCUT2D eigenvalue weighted by atomic mass is 35.5. The second-order valence-electron chi connectivity index (χ2n) is 7.77. The van der Waals surface area contributed by atoms with Gasteiger partial charge in [-0.1, -0.05) is 65.7 Å². The number of carboxylic acids is 1. The number of rotatable bonds is 7. The number of benzene rings is 3. The zero-order chi connectivity index (χ0) is 24.2. The topological polar surface area (TPSA) is 70.8 Å². The quantitative estimate of drug-likeness (QED) is 0.293. The van der Waals surface area contributed by atoms with Crippen molar-refractivity contribution in [2.75, 3.05) is 4.90 Å². The number of para-hydroxylation sites is 1. The first kappa shape index (κ1) is 23.6. The van der Waals surface area contributed by atoms with Crippen molar-refractivity contribution in [3.63, 3.8) is 0 Å². The molecular formula is C27H21Cl2NO4. The van der Waals surface area contributed by atoms with Gasteiger partial charge in [-0.25, -0.2) is 0 Å². The lowest BCUT2D eigenvalue weighted by atomic mass is 9.98. The van der Waals surface area contributed by atoms with Crippen LogP contribution in [0.5, 0.6) is 0 Å². The summed E-state index contributed by atoms with van der Waals surface area (Å²) < 4.78 is 6.04. The lowest BCUT2D eigenvalue weighted by Gasteiger charge is -2.26. The van der Waals surface area contributed by atoms with Gasteiger partial charge < -0.3 is 14.4 Å². The molecule has 0 bridgehead atoms. The van der Waals surface area contributed by atoms with Crippen LogP contribution in [0.25, 0.3) is 11.3 Å². The van der Waals surface area contributed by atoms with E-state index in [1.54, 1.807) is 73.7 Å². The summed E-state index contributed by atoms with van der Waals surface area (Å²) in [4.78, 5) is 26.9. The van der Waals surface area contributed by atoms with E-state index in [1.807, 2.05) is 18.2 Å². The molecule has 4 aromatic rings. The Morgan fingerprint density at radius 3 is 2.41 bits per heavy atom. The molecule has 1 N–H and O–H groups in total. The molecule has 0 fully saturated rings. The van der Waals surface area contributed by atoms with E-state index in [4.69, 9.17) is 27.6 Å². The fourth-order valence-corrected chi connectivity index (χ4v) is 4.10. The third kappa shape index (κ3) is 5.01. The summed E-state index contributed by atoms with van der Waals surface area (Å²) in [5.74, 6) is -1.05. The van der Waals surface area contributed by atoms with Crippen molar-refractivity contribution in [2.45, 2.75) is 19.4 Å². The van der Waals surface area contributed by atoms with Crippen molar-refractivity contribution >= 4 is 40.8 Å². The van der Waals surface area contributed by atoms with Gasteiger partial charge in [-0.05, 0) is 55.0 Å². The smallest absolute Gasteiger partial charge is 0.310 e. The SMILES string of the molecule is C[C@H](C(=O)O)c1ccccc1N(Cc1ccc(-c2cccc(Cl)c2)o1)C(=O)c1ccccc1Cl. The number of furan rings is 1. The minimum atomic E-state index is -0.987. The van der Waals surface area contributed by atoms with Crippen LogP contribution in [-0.2, 0) is 11.3 Å². The predicted molar refractivity (Wildman–Crippen MR) is 134 cm³/mol. The van der Waals surface area contributed by atoms with Crippen molar-refractivity contribution in [3.8, 4) is 11.3 Å². The maximum Gasteiger partial charge on any atom is 0.310 e. The Balaban J connectivity index is 1.77. The van der Waals surface area contributed by atoms with E-state index in [0.29, 0.717) is 38.4 Å². The second kappa shape index (κ2) is 10.2. The van der Waals surface area contributed by atoms with Gasteiger partial charge in [0.05, 0.1) is 23.0 Å². The molecule has 0 aliphatic rings. The van der Waals surface area contributed by atoms with Crippen LogP contribution in [0.15, 0.2) is 89.3 Å². The third-order valence-corrected chi connectivity index (χ3v) is 6.06. The summed E-state index contributed by atoms with van der Waals surface area (Å²) in [7, 11) is 0. The number of carbonyl (C=O) groups excluding carboxylic acids is 1. The fraction of sp³-hybridized carbons (Fsp3) is 0.111. The Morgan fingerprint density at radius 2 is 1.68 bits per heavy atom. The first-order valence-corrected chi connectivity index (χ1v) is 11.3. The highest BCUT2D eigenvalue weighted by Gasteiger charge is 2.27. The molecule has 0 radical (unpaired) electrons. The number of carboxylic acid groups (broad SMARTS) is 1. The Kier molecular flexibility index (Phi) is 7.06. The van der Waals surface area contributed by atoms with E-state index in [9.17, 15) is 14.7 Å². The van der Waals surface area contributed by atoms with Crippen molar-refractivity contribution in [2.24, 2.45) is 0 Å². The number of hydrogen-bond donors (Lipinski definition) is 1. The molecule has 4 rings (SSSR count). The van der Waals surface area contributed by atoms with Crippen LogP contribution >= 0.6 is 23.2 Å². The van der Waals surface area contributed by atoms with E-state index in [1.165, 1.54) is 4.90 Å². The normalized spacial score (nSPS) is 11.7. The van der Waals surface area contributed by atoms with Crippen molar-refractivity contribution in [1.82, 2.24) is 0 Å². The zero-order valence-corrected chi connectivity index (χ0v) is 19.8. The number of aliphatic carboxylic acids is 1. The molecule has 0 saturated heterocycles. The molecule has 172 valence electrons. The Hall–Kier alpha value is -3.54. The monoisotopic (exact) mass is 493 g/mol. The van der Waals surface area contributed by atoms with Gasteiger partial charge in [0.2, 0.25) is 0 Å². The summed E-state index contributed by atoms with van der Waals surface area (Å²) in [6.07, 6.45) is 0. The minimum absolute atomic E-state index is 0.0774. The van der Waals surface area contributed by atoms with E-state index in [0.717, 1.165) is 5.56 Å². The second-order valence-corrected chi connectivity index (χ2v) is 8.61. The molecule has 0 aliphatic heterocycles. The highest BCUT2D eigenvalue weighted by Crippen LogP contribution is 2.33. The van der Waals surface area contributed by atoms with E-state index < -0.39 is 11.9 Å². The Bertz CT molecular complexity index is 1350. The lowest BCUT2D eigenvalue weighted by Crippen LogP contribution is -2.32. The summed E-state index contributed by atoms with van der Waals surface area (Å²) in [5, 5.41) is 10.5. The van der Waals surface area contributed by atoms with Crippen molar-refractivity contribution in [3.05, 3.63) is 112 Å². The van der Waals surface area contributed by atoms with Crippen molar-refractivity contribution in [1.29, 1.82) is 0 Å². The molecule has 0 unspecified atom stereocenters. The Morgan fingerprint density at radius 1 is 0.941 bits per heavy atom. The van der Waals surface area contributed by atoms with Crippen LogP contribution < -0.4 is 4.90 Å². The number of amides is 1. The average Bonchev–Trinajstić information content (AvgIpc) is 3.31. The van der Waals surface area contributed by atoms with Crippen LogP contribution in [0.1, 0.15) is 34.5 Å². The predicted octanol–water partition coefficient (Wildman–Crippen LogP) is 7.29. The van der Waals surface area contributed by atoms with Gasteiger partial charge in [0, 0.05) is 16.3 Å². The van der Waals surface area contributed by atoms with Crippen molar-refractivity contribution < 1.29 is 19.1 Å². The molecule has 7 heteroatoms. The molecular weight excluding hydrogens is 473 g/mol. The largest absolute Gasteiger partial charge is 0.481 e. The van der Waals surface area contributed by atoms with Crippen LogP contribution in [0, 0.1) is 0 Å². The standard InChI is InChI=1S/C27H21Cl2NO4/c1-17(27(32)33)21-9-3-5-12-24(21)30(26(31)22-10-2-4-11-23(22)29)16-20-13-14-25(34-20)18-7-6-8-19(28)15-18/h2-15,17H,16H2,1H3,(H,32,33)/t17-/m0/s1. The summed E-state index contributed by atoms with van der Waals surface area (Å²) in [6, 6.07) is 24.6. The van der Waals surface area contributed by atoms with Gasteiger partial charge in [0.15, 0.2) is 0 Å². The molecule has 0 saturated carbocycles. The molecule has 0 aliphatic carbocycles. The number of hydrogen-bond acceptors (Lipinski definition) is 3. The molecule has 0 spiro atoms. The first-order valence-electron chi connectivity index (χ1n) is 10.6. The maximum atomic E-state index is 13.7. The van der Waals surface area contributed by atoms with Gasteiger partial charge in [0.1, 0.15) is 11.5 Å². The zero-order valence-electron chi connectivity index (χ0n) is 18.2.